The second-order valence-electron chi connectivity index (χ2n) is 3.16. The number of amides is 1. The SMILES string of the molecule is CON1CCC(C)(C)OC1=O. The molecule has 0 bridgehead atoms. The monoisotopic (exact) mass is 159 g/mol. The Morgan fingerprint density at radius 3 is 2.73 bits per heavy atom. The number of cyclic esters (lactones) is 1. The van der Waals surface area contributed by atoms with Gasteiger partial charge in [-0.05, 0) is 13.8 Å². The van der Waals surface area contributed by atoms with Gasteiger partial charge in [-0.15, -0.1) is 0 Å². The Morgan fingerprint density at radius 2 is 2.27 bits per heavy atom. The molecular weight excluding hydrogens is 146 g/mol. The Kier molecular flexibility index (Phi) is 2.04. The highest BCUT2D eigenvalue weighted by Crippen LogP contribution is 2.21. The maximum Gasteiger partial charge on any atom is 0.434 e. The number of hydroxylamine groups is 2. The van der Waals surface area contributed by atoms with E-state index in [1.165, 1.54) is 12.2 Å². The average Bonchev–Trinajstić information content (AvgIpc) is 1.86. The predicted octanol–water partition coefficient (Wildman–Crippen LogP) is 1.17. The summed E-state index contributed by atoms with van der Waals surface area (Å²) in [6, 6.07) is 0. The van der Waals surface area contributed by atoms with Gasteiger partial charge in [0.05, 0.1) is 13.7 Å². The molecule has 4 heteroatoms. The minimum atomic E-state index is -0.399. The number of rotatable bonds is 1. The van der Waals surface area contributed by atoms with Crippen molar-refractivity contribution in [3.05, 3.63) is 0 Å². The van der Waals surface area contributed by atoms with Crippen molar-refractivity contribution < 1.29 is 14.4 Å². The van der Waals surface area contributed by atoms with E-state index in [0.717, 1.165) is 6.42 Å². The fraction of sp³-hybridized carbons (Fsp3) is 0.857. The van der Waals surface area contributed by atoms with E-state index < -0.39 is 6.09 Å². The quantitative estimate of drug-likeness (QED) is 0.576. The van der Waals surface area contributed by atoms with Crippen LogP contribution in [0.15, 0.2) is 0 Å². The number of carbonyl (C=O) groups is 1. The molecule has 64 valence electrons. The van der Waals surface area contributed by atoms with Gasteiger partial charge in [0.2, 0.25) is 0 Å². The van der Waals surface area contributed by atoms with Crippen LogP contribution >= 0.6 is 0 Å². The summed E-state index contributed by atoms with van der Waals surface area (Å²) in [7, 11) is 1.46. The third-order valence-electron chi connectivity index (χ3n) is 1.70. The number of ether oxygens (including phenoxy) is 1. The Morgan fingerprint density at radius 1 is 1.64 bits per heavy atom. The molecule has 0 aromatic heterocycles. The van der Waals surface area contributed by atoms with Crippen molar-refractivity contribution in [1.29, 1.82) is 0 Å². The lowest BCUT2D eigenvalue weighted by molar-refractivity contribution is -0.158. The molecule has 0 spiro atoms. The molecule has 1 aliphatic heterocycles. The van der Waals surface area contributed by atoms with E-state index in [1.54, 1.807) is 0 Å². The third-order valence-corrected chi connectivity index (χ3v) is 1.70. The summed E-state index contributed by atoms with van der Waals surface area (Å²) in [5, 5.41) is 1.21. The molecule has 0 saturated carbocycles. The van der Waals surface area contributed by atoms with E-state index in [1.807, 2.05) is 13.8 Å². The predicted molar refractivity (Wildman–Crippen MR) is 38.9 cm³/mol. The van der Waals surface area contributed by atoms with Gasteiger partial charge in [-0.25, -0.2) is 4.79 Å². The van der Waals surface area contributed by atoms with E-state index in [-0.39, 0.29) is 5.60 Å². The molecule has 0 aromatic carbocycles. The molecule has 11 heavy (non-hydrogen) atoms. The van der Waals surface area contributed by atoms with Crippen LogP contribution < -0.4 is 0 Å². The van der Waals surface area contributed by atoms with E-state index in [0.29, 0.717) is 6.54 Å². The van der Waals surface area contributed by atoms with Crippen molar-refractivity contribution in [1.82, 2.24) is 5.06 Å². The van der Waals surface area contributed by atoms with Gasteiger partial charge < -0.3 is 4.74 Å². The van der Waals surface area contributed by atoms with Crippen LogP contribution in [0.4, 0.5) is 4.79 Å². The summed E-state index contributed by atoms with van der Waals surface area (Å²) in [5.41, 5.74) is -0.341. The Labute approximate surface area is 66.0 Å². The summed E-state index contributed by atoms with van der Waals surface area (Å²) in [4.78, 5) is 15.8. The molecule has 0 N–H and O–H groups in total. The zero-order chi connectivity index (χ0) is 8.48. The first-order valence-electron chi connectivity index (χ1n) is 3.60. The van der Waals surface area contributed by atoms with Gasteiger partial charge in [0.15, 0.2) is 0 Å². The van der Waals surface area contributed by atoms with Gasteiger partial charge in [0.1, 0.15) is 5.60 Å². The number of carbonyl (C=O) groups excluding carboxylic acids is 1. The van der Waals surface area contributed by atoms with Crippen LogP contribution in [0, 0.1) is 0 Å². The molecule has 1 amide bonds. The maximum absolute atomic E-state index is 11.0. The molecule has 4 nitrogen and oxygen atoms in total. The number of nitrogens with zero attached hydrogens (tertiary/aromatic N) is 1. The normalized spacial score (nSPS) is 23.2. The standard InChI is InChI=1S/C7H13NO3/c1-7(2)4-5-8(10-3)6(9)11-7/h4-5H2,1-3H3. The number of hydrogen-bond acceptors (Lipinski definition) is 3. The molecule has 1 saturated heterocycles. The fourth-order valence-corrected chi connectivity index (χ4v) is 0.966. The van der Waals surface area contributed by atoms with Crippen molar-refractivity contribution >= 4 is 6.09 Å². The van der Waals surface area contributed by atoms with E-state index in [9.17, 15) is 4.79 Å². The molecular formula is C7H13NO3. The van der Waals surface area contributed by atoms with Crippen molar-refractivity contribution in [2.24, 2.45) is 0 Å². The lowest BCUT2D eigenvalue weighted by Gasteiger charge is -2.34. The molecule has 1 rings (SSSR count). The molecule has 0 radical (unpaired) electrons. The van der Waals surface area contributed by atoms with E-state index in [4.69, 9.17) is 9.57 Å². The van der Waals surface area contributed by atoms with Gasteiger partial charge in [-0.3, -0.25) is 4.84 Å². The summed E-state index contributed by atoms with van der Waals surface area (Å²) in [6.07, 6.45) is 0.399. The van der Waals surface area contributed by atoms with E-state index >= 15 is 0 Å². The summed E-state index contributed by atoms with van der Waals surface area (Å²) >= 11 is 0. The highest BCUT2D eigenvalue weighted by molar-refractivity contribution is 5.67. The first kappa shape index (κ1) is 8.33. The van der Waals surface area contributed by atoms with Crippen molar-refractivity contribution in [2.75, 3.05) is 13.7 Å². The average molecular weight is 159 g/mol. The Hall–Kier alpha value is -0.770. The minimum absolute atomic E-state index is 0.341. The van der Waals surface area contributed by atoms with Gasteiger partial charge in [0.25, 0.3) is 0 Å². The van der Waals surface area contributed by atoms with Crippen molar-refractivity contribution in [3.8, 4) is 0 Å². The van der Waals surface area contributed by atoms with Gasteiger partial charge in [-0.2, -0.15) is 5.06 Å². The van der Waals surface area contributed by atoms with Gasteiger partial charge >= 0.3 is 6.09 Å². The van der Waals surface area contributed by atoms with E-state index in [2.05, 4.69) is 0 Å². The zero-order valence-electron chi connectivity index (χ0n) is 7.09. The van der Waals surface area contributed by atoms with Crippen LogP contribution in [0.3, 0.4) is 0 Å². The van der Waals surface area contributed by atoms with Crippen LogP contribution in [-0.4, -0.2) is 30.4 Å². The van der Waals surface area contributed by atoms with Crippen LogP contribution in [-0.2, 0) is 9.57 Å². The van der Waals surface area contributed by atoms with Gasteiger partial charge in [-0.1, -0.05) is 0 Å². The summed E-state index contributed by atoms with van der Waals surface area (Å²) in [6.45, 7) is 4.37. The second-order valence-corrected chi connectivity index (χ2v) is 3.16. The second kappa shape index (κ2) is 2.70. The fourth-order valence-electron chi connectivity index (χ4n) is 0.966. The maximum atomic E-state index is 11.0. The first-order valence-corrected chi connectivity index (χ1v) is 3.60. The summed E-state index contributed by atoms with van der Waals surface area (Å²) < 4.78 is 5.04. The van der Waals surface area contributed by atoms with Crippen molar-refractivity contribution in [3.63, 3.8) is 0 Å². The van der Waals surface area contributed by atoms with Gasteiger partial charge in [0, 0.05) is 6.42 Å². The summed E-state index contributed by atoms with van der Waals surface area (Å²) in [5.74, 6) is 0. The third kappa shape index (κ3) is 1.83. The molecule has 0 aromatic rings. The molecule has 0 atom stereocenters. The zero-order valence-corrected chi connectivity index (χ0v) is 7.09. The van der Waals surface area contributed by atoms with Crippen LogP contribution in [0.5, 0.6) is 0 Å². The number of hydrogen-bond donors (Lipinski definition) is 0. The van der Waals surface area contributed by atoms with Crippen LogP contribution in [0.25, 0.3) is 0 Å². The molecule has 0 aliphatic carbocycles. The first-order chi connectivity index (χ1) is 5.05. The van der Waals surface area contributed by atoms with Crippen LogP contribution in [0.2, 0.25) is 0 Å². The Balaban J connectivity index is 2.55. The molecule has 1 fully saturated rings. The smallest absolute Gasteiger partial charge is 0.434 e. The van der Waals surface area contributed by atoms with Crippen molar-refractivity contribution in [2.45, 2.75) is 25.9 Å². The molecule has 0 unspecified atom stereocenters. The highest BCUT2D eigenvalue weighted by atomic mass is 16.7. The lowest BCUT2D eigenvalue weighted by Crippen LogP contribution is -2.45. The highest BCUT2D eigenvalue weighted by Gasteiger charge is 2.32. The van der Waals surface area contributed by atoms with Crippen LogP contribution in [0.1, 0.15) is 20.3 Å². The molecule has 1 aliphatic rings. The topological polar surface area (TPSA) is 38.8 Å². The Bertz CT molecular complexity index is 167. The largest absolute Gasteiger partial charge is 0.442 e. The molecule has 1 heterocycles. The minimum Gasteiger partial charge on any atom is -0.442 e. The lowest BCUT2D eigenvalue weighted by atomic mass is 10.0.